The van der Waals surface area contributed by atoms with Crippen molar-refractivity contribution in [2.24, 2.45) is 0 Å². The van der Waals surface area contributed by atoms with Gasteiger partial charge in [-0.3, -0.25) is 0 Å². The fourth-order valence-corrected chi connectivity index (χ4v) is 1.95. The van der Waals surface area contributed by atoms with E-state index in [1.54, 1.807) is 42.9 Å². The summed E-state index contributed by atoms with van der Waals surface area (Å²) in [5, 5.41) is 32.4. The van der Waals surface area contributed by atoms with Gasteiger partial charge in [0.1, 0.15) is 11.6 Å². The minimum Gasteiger partial charge on any atom is -0.507 e. The Morgan fingerprint density at radius 3 is 2.52 bits per heavy atom. The lowest BCUT2D eigenvalue weighted by Gasteiger charge is -2.07. The van der Waals surface area contributed by atoms with E-state index in [0.717, 1.165) is 0 Å². The molecule has 0 radical (unpaired) electrons. The van der Waals surface area contributed by atoms with Crippen LogP contribution in [0.25, 0.3) is 16.9 Å². The number of aryl methyl sites for hydroxylation is 1. The second kappa shape index (κ2) is 5.16. The second-order valence-electron chi connectivity index (χ2n) is 4.39. The maximum atomic E-state index is 10.2. The molecule has 0 spiro atoms. The number of nitrogens with zero attached hydrogens (tertiary/aromatic N) is 6. The minimum atomic E-state index is 0.0916. The molecular formula is C13H13N7O. The number of anilines is 1. The van der Waals surface area contributed by atoms with Crippen LogP contribution in [0.5, 0.6) is 5.75 Å². The van der Waals surface area contributed by atoms with Crippen molar-refractivity contribution in [1.82, 2.24) is 30.4 Å². The van der Waals surface area contributed by atoms with Gasteiger partial charge in [0, 0.05) is 18.7 Å². The van der Waals surface area contributed by atoms with Gasteiger partial charge in [0.25, 0.3) is 0 Å². The fourth-order valence-electron chi connectivity index (χ4n) is 1.95. The number of rotatable bonds is 3. The zero-order chi connectivity index (χ0) is 14.8. The summed E-state index contributed by atoms with van der Waals surface area (Å²) in [5.41, 5.74) is 1.87. The summed E-state index contributed by atoms with van der Waals surface area (Å²) < 4.78 is 1.54. The number of phenolic OH excluding ortho intramolecular Hbond substituents is 1. The van der Waals surface area contributed by atoms with Crippen LogP contribution in [0, 0.1) is 6.92 Å². The summed E-state index contributed by atoms with van der Waals surface area (Å²) in [6, 6.07) is 8.74. The highest BCUT2D eigenvalue weighted by molar-refractivity contribution is 5.68. The molecule has 0 aliphatic carbocycles. The molecule has 0 aliphatic heterocycles. The number of phenols is 1. The largest absolute Gasteiger partial charge is 0.507 e. The Bertz CT molecular complexity index is 766. The molecule has 0 unspecified atom stereocenters. The first kappa shape index (κ1) is 13.0. The van der Waals surface area contributed by atoms with Crippen LogP contribution in [0.3, 0.4) is 0 Å². The highest BCUT2D eigenvalue weighted by atomic mass is 16.3. The Balaban J connectivity index is 1.99. The maximum absolute atomic E-state index is 10.2. The molecule has 0 saturated heterocycles. The first-order valence-corrected chi connectivity index (χ1v) is 6.29. The van der Waals surface area contributed by atoms with E-state index in [0.29, 0.717) is 28.6 Å². The first-order valence-electron chi connectivity index (χ1n) is 6.29. The molecule has 0 amide bonds. The molecule has 0 bridgehead atoms. The Labute approximate surface area is 120 Å². The van der Waals surface area contributed by atoms with Crippen LogP contribution in [-0.4, -0.2) is 42.6 Å². The van der Waals surface area contributed by atoms with Gasteiger partial charge in [0.15, 0.2) is 5.82 Å². The second-order valence-corrected chi connectivity index (χ2v) is 4.39. The molecule has 3 rings (SSSR count). The summed E-state index contributed by atoms with van der Waals surface area (Å²) in [7, 11) is 1.77. The highest BCUT2D eigenvalue weighted by Crippen LogP contribution is 2.29. The lowest BCUT2D eigenvalue weighted by atomic mass is 10.1. The van der Waals surface area contributed by atoms with Crippen LogP contribution >= 0.6 is 0 Å². The lowest BCUT2D eigenvalue weighted by Crippen LogP contribution is -2.00. The Kier molecular flexibility index (Phi) is 3.19. The van der Waals surface area contributed by atoms with Crippen molar-refractivity contribution in [1.29, 1.82) is 0 Å². The van der Waals surface area contributed by atoms with Crippen molar-refractivity contribution >= 4 is 5.82 Å². The normalized spacial score (nSPS) is 10.6. The van der Waals surface area contributed by atoms with Crippen molar-refractivity contribution in [3.63, 3.8) is 0 Å². The van der Waals surface area contributed by atoms with E-state index < -0.39 is 0 Å². The summed E-state index contributed by atoms with van der Waals surface area (Å²) in [6.07, 6.45) is 0. The SMILES string of the molecule is CNc1ccc(-c2ccc(-n3nnnc3C)cc2O)nn1. The van der Waals surface area contributed by atoms with E-state index in [2.05, 4.69) is 31.0 Å². The average molecular weight is 283 g/mol. The van der Waals surface area contributed by atoms with E-state index in [-0.39, 0.29) is 5.75 Å². The van der Waals surface area contributed by atoms with E-state index in [1.807, 2.05) is 6.07 Å². The Hall–Kier alpha value is -3.03. The first-order chi connectivity index (χ1) is 10.2. The molecule has 0 atom stereocenters. The van der Waals surface area contributed by atoms with Crippen molar-refractivity contribution in [2.75, 3.05) is 12.4 Å². The van der Waals surface area contributed by atoms with E-state index in [1.165, 1.54) is 0 Å². The number of nitrogens with one attached hydrogen (secondary N) is 1. The van der Waals surface area contributed by atoms with Crippen molar-refractivity contribution < 1.29 is 5.11 Å². The summed E-state index contributed by atoms with van der Waals surface area (Å²) >= 11 is 0. The van der Waals surface area contributed by atoms with Gasteiger partial charge in [-0.15, -0.1) is 15.3 Å². The number of benzene rings is 1. The van der Waals surface area contributed by atoms with Crippen LogP contribution in [0.2, 0.25) is 0 Å². The molecule has 0 aliphatic rings. The molecular weight excluding hydrogens is 270 g/mol. The van der Waals surface area contributed by atoms with Crippen molar-refractivity contribution in [2.45, 2.75) is 6.92 Å². The number of tetrazole rings is 1. The molecule has 106 valence electrons. The van der Waals surface area contributed by atoms with Crippen LogP contribution in [0.1, 0.15) is 5.82 Å². The Morgan fingerprint density at radius 2 is 1.95 bits per heavy atom. The molecule has 21 heavy (non-hydrogen) atoms. The van der Waals surface area contributed by atoms with Gasteiger partial charge in [-0.2, -0.15) is 4.68 Å². The van der Waals surface area contributed by atoms with Gasteiger partial charge in [-0.25, -0.2) is 0 Å². The molecule has 2 heterocycles. The van der Waals surface area contributed by atoms with Gasteiger partial charge in [0.2, 0.25) is 0 Å². The fraction of sp³-hybridized carbons (Fsp3) is 0.154. The van der Waals surface area contributed by atoms with Crippen LogP contribution in [0.4, 0.5) is 5.82 Å². The minimum absolute atomic E-state index is 0.0916. The van der Waals surface area contributed by atoms with Crippen LogP contribution in [0.15, 0.2) is 30.3 Å². The molecule has 8 nitrogen and oxygen atoms in total. The zero-order valence-corrected chi connectivity index (χ0v) is 11.5. The zero-order valence-electron chi connectivity index (χ0n) is 11.5. The van der Waals surface area contributed by atoms with Crippen LogP contribution < -0.4 is 5.32 Å². The summed E-state index contributed by atoms with van der Waals surface area (Å²) in [4.78, 5) is 0. The third-order valence-corrected chi connectivity index (χ3v) is 3.05. The van der Waals surface area contributed by atoms with Gasteiger partial charge in [-0.05, 0) is 41.6 Å². The number of aromatic hydroxyl groups is 1. The van der Waals surface area contributed by atoms with E-state index >= 15 is 0 Å². The van der Waals surface area contributed by atoms with Gasteiger partial charge < -0.3 is 10.4 Å². The molecule has 3 aromatic rings. The summed E-state index contributed by atoms with van der Waals surface area (Å²) in [5.74, 6) is 1.40. The van der Waals surface area contributed by atoms with Crippen molar-refractivity contribution in [3.05, 3.63) is 36.2 Å². The molecule has 8 heteroatoms. The smallest absolute Gasteiger partial charge is 0.153 e. The molecule has 2 N–H and O–H groups in total. The third kappa shape index (κ3) is 2.38. The monoisotopic (exact) mass is 283 g/mol. The van der Waals surface area contributed by atoms with Crippen molar-refractivity contribution in [3.8, 4) is 22.7 Å². The molecule has 0 fully saturated rings. The predicted octanol–water partition coefficient (Wildman–Crippen LogP) is 1.18. The molecule has 1 aromatic carbocycles. The highest BCUT2D eigenvalue weighted by Gasteiger charge is 2.10. The molecule has 2 aromatic heterocycles. The van der Waals surface area contributed by atoms with E-state index in [4.69, 9.17) is 0 Å². The average Bonchev–Trinajstić information content (AvgIpc) is 2.93. The van der Waals surface area contributed by atoms with Crippen LogP contribution in [-0.2, 0) is 0 Å². The van der Waals surface area contributed by atoms with Gasteiger partial charge >= 0.3 is 0 Å². The maximum Gasteiger partial charge on any atom is 0.153 e. The molecule has 0 saturated carbocycles. The van der Waals surface area contributed by atoms with Gasteiger partial charge in [0.05, 0.1) is 11.4 Å². The standard InChI is InChI=1S/C13H13N7O/c1-8-15-18-19-20(8)9-3-4-10(12(21)7-9)11-5-6-13(14-2)17-16-11/h3-7,21H,1-2H3,(H,14,17). The predicted molar refractivity (Wildman–Crippen MR) is 76.1 cm³/mol. The quantitative estimate of drug-likeness (QED) is 0.744. The number of hydrogen-bond acceptors (Lipinski definition) is 7. The Morgan fingerprint density at radius 1 is 1.10 bits per heavy atom. The number of hydrogen-bond donors (Lipinski definition) is 2. The van der Waals surface area contributed by atoms with E-state index in [9.17, 15) is 5.11 Å². The lowest BCUT2D eigenvalue weighted by molar-refractivity contribution is 0.476. The topological polar surface area (TPSA) is 102 Å². The van der Waals surface area contributed by atoms with Gasteiger partial charge in [-0.1, -0.05) is 0 Å². The summed E-state index contributed by atoms with van der Waals surface area (Å²) in [6.45, 7) is 1.78. The third-order valence-electron chi connectivity index (χ3n) is 3.05. The number of aromatic nitrogens is 6.